The van der Waals surface area contributed by atoms with Crippen molar-refractivity contribution in [3.05, 3.63) is 0 Å². The normalized spacial score (nSPS) is 12.9. The third-order valence-corrected chi connectivity index (χ3v) is 4.56. The van der Waals surface area contributed by atoms with E-state index >= 15 is 0 Å². The number of carbonyl (C=O) groups excluding carboxylic acids is 1. The predicted octanol–water partition coefficient (Wildman–Crippen LogP) is 4.79. The zero-order valence-corrected chi connectivity index (χ0v) is 17.0. The molecule has 0 saturated heterocycles. The summed E-state index contributed by atoms with van der Waals surface area (Å²) in [5.41, 5.74) is 0. The predicted molar refractivity (Wildman–Crippen MR) is 100 cm³/mol. The molecule has 0 bridgehead atoms. The molecule has 0 aliphatic carbocycles. The molecule has 0 aromatic heterocycles. The summed E-state index contributed by atoms with van der Waals surface area (Å²) in [6.07, 6.45) is 14.8. The Kier molecular flexibility index (Phi) is 16.4. The average Bonchev–Trinajstić information content (AvgIpc) is 2.58. The molecule has 0 spiro atoms. The van der Waals surface area contributed by atoms with Gasteiger partial charge in [0.2, 0.25) is 0 Å². The van der Waals surface area contributed by atoms with Crippen molar-refractivity contribution < 1.29 is 33.8 Å². The average molecular weight is 396 g/mol. The molecule has 0 saturated carbocycles. The second-order valence-corrected chi connectivity index (χ2v) is 8.02. The van der Waals surface area contributed by atoms with Gasteiger partial charge in [-0.2, -0.15) is 0 Å². The first-order valence-corrected chi connectivity index (χ1v) is 11.5. The number of rotatable bonds is 18. The Balaban J connectivity index is 3.28. The van der Waals surface area contributed by atoms with Gasteiger partial charge in [-0.1, -0.05) is 82.2 Å². The Labute approximate surface area is 157 Å². The van der Waals surface area contributed by atoms with Gasteiger partial charge in [0.05, 0.1) is 6.10 Å². The maximum atomic E-state index is 11.1. The van der Waals surface area contributed by atoms with Gasteiger partial charge in [-0.25, -0.2) is 9.36 Å². The van der Waals surface area contributed by atoms with Crippen molar-refractivity contribution >= 4 is 13.8 Å². The number of aliphatic hydroxyl groups excluding tert-OH is 1. The number of unbranched alkanes of at least 4 members (excludes halogenated alkanes) is 10. The molecule has 0 fully saturated rings. The van der Waals surface area contributed by atoms with Crippen molar-refractivity contribution in [2.24, 2.45) is 0 Å². The van der Waals surface area contributed by atoms with Gasteiger partial charge in [-0.05, 0) is 19.3 Å². The van der Waals surface area contributed by atoms with E-state index in [9.17, 15) is 14.5 Å². The van der Waals surface area contributed by atoms with Crippen molar-refractivity contribution in [2.75, 3.05) is 0 Å². The summed E-state index contributed by atoms with van der Waals surface area (Å²) in [5, 5.41) is 9.89. The molecule has 0 radical (unpaired) electrons. The molecule has 0 aromatic rings. The topological polar surface area (TPSA) is 113 Å². The fourth-order valence-electron chi connectivity index (χ4n) is 2.79. The summed E-state index contributed by atoms with van der Waals surface area (Å²) < 4.78 is 14.0. The summed E-state index contributed by atoms with van der Waals surface area (Å²) in [4.78, 5) is 31.9. The summed E-state index contributed by atoms with van der Waals surface area (Å²) in [6, 6.07) is 0. The minimum atomic E-state index is -4.76. The first kappa shape index (κ1) is 25.5. The number of carbonyl (C=O) groups is 1. The van der Waals surface area contributed by atoms with Gasteiger partial charge in [0.25, 0.3) is 0 Å². The van der Waals surface area contributed by atoms with Gasteiger partial charge >= 0.3 is 13.8 Å². The molecular formula is C18H37O7P. The highest BCUT2D eigenvalue weighted by Crippen LogP contribution is 2.36. The molecule has 3 N–H and O–H groups in total. The highest BCUT2D eigenvalue weighted by Gasteiger charge is 2.18. The van der Waals surface area contributed by atoms with Gasteiger partial charge < -0.3 is 14.9 Å². The van der Waals surface area contributed by atoms with Crippen LogP contribution >= 0.6 is 7.82 Å². The Morgan fingerprint density at radius 1 is 0.846 bits per heavy atom. The molecule has 8 heteroatoms. The van der Waals surface area contributed by atoms with Crippen molar-refractivity contribution in [3.8, 4) is 0 Å². The van der Waals surface area contributed by atoms with Gasteiger partial charge in [0.15, 0.2) is 0 Å². The van der Waals surface area contributed by atoms with E-state index in [0.717, 1.165) is 57.8 Å². The van der Waals surface area contributed by atoms with Crippen molar-refractivity contribution in [1.82, 2.24) is 0 Å². The first-order chi connectivity index (χ1) is 12.3. The Hall–Kier alpha value is -0.460. The van der Waals surface area contributed by atoms with Crippen LogP contribution in [0.2, 0.25) is 0 Å². The number of aliphatic hydroxyl groups is 1. The first-order valence-electron chi connectivity index (χ1n) is 9.98. The van der Waals surface area contributed by atoms with E-state index in [4.69, 9.17) is 9.79 Å². The van der Waals surface area contributed by atoms with Crippen LogP contribution in [0.15, 0.2) is 0 Å². The minimum absolute atomic E-state index is 0.0934. The van der Waals surface area contributed by atoms with Crippen LogP contribution in [-0.2, 0) is 18.9 Å². The summed E-state index contributed by atoms with van der Waals surface area (Å²) in [5.74, 6) is -0.762. The van der Waals surface area contributed by atoms with E-state index in [2.05, 4.69) is 16.5 Å². The van der Waals surface area contributed by atoms with E-state index in [1.54, 1.807) is 0 Å². The lowest BCUT2D eigenvalue weighted by Gasteiger charge is -2.10. The van der Waals surface area contributed by atoms with E-state index in [1.807, 2.05) is 0 Å². The van der Waals surface area contributed by atoms with E-state index < -0.39 is 13.8 Å². The molecule has 1 atom stereocenters. The maximum Gasteiger partial charge on any atom is 0.505 e. The Bertz CT molecular complexity index is 384. The maximum absolute atomic E-state index is 11.1. The fourth-order valence-corrected chi connectivity index (χ4v) is 2.97. The Morgan fingerprint density at radius 2 is 1.31 bits per heavy atom. The highest BCUT2D eigenvalue weighted by molar-refractivity contribution is 7.46. The monoisotopic (exact) mass is 396 g/mol. The summed E-state index contributed by atoms with van der Waals surface area (Å²) >= 11 is 0. The van der Waals surface area contributed by atoms with Crippen LogP contribution in [-0.4, -0.2) is 27.0 Å². The SMILES string of the molecule is CCCCCCC(O)CCCCCCCCCCC(=O)OOP(=O)(O)O. The smallest absolute Gasteiger partial charge is 0.393 e. The van der Waals surface area contributed by atoms with Crippen LogP contribution < -0.4 is 0 Å². The quantitative estimate of drug-likeness (QED) is 0.132. The molecule has 0 aliphatic heterocycles. The number of hydrogen-bond acceptors (Lipinski definition) is 5. The zero-order chi connectivity index (χ0) is 19.7. The lowest BCUT2D eigenvalue weighted by Crippen LogP contribution is -2.05. The van der Waals surface area contributed by atoms with Crippen LogP contribution in [0, 0.1) is 0 Å². The molecule has 0 amide bonds. The third-order valence-electron chi connectivity index (χ3n) is 4.29. The van der Waals surface area contributed by atoms with Gasteiger partial charge in [-0.3, -0.25) is 4.89 Å². The molecular weight excluding hydrogens is 359 g/mol. The molecule has 26 heavy (non-hydrogen) atoms. The largest absolute Gasteiger partial charge is 0.505 e. The minimum Gasteiger partial charge on any atom is -0.393 e. The standard InChI is InChI=1S/C18H37O7P/c1-2-3-4-11-14-17(19)15-12-9-7-5-6-8-10-13-16-18(20)24-25-26(21,22)23/h17,19H,2-16H2,1H3,(H2,21,22,23). The lowest BCUT2D eigenvalue weighted by atomic mass is 10.0. The van der Waals surface area contributed by atoms with Crippen LogP contribution in [0.25, 0.3) is 0 Å². The summed E-state index contributed by atoms with van der Waals surface area (Å²) in [6.45, 7) is 2.19. The lowest BCUT2D eigenvalue weighted by molar-refractivity contribution is -0.222. The molecule has 156 valence electrons. The van der Waals surface area contributed by atoms with Gasteiger partial charge in [0, 0.05) is 6.42 Å². The van der Waals surface area contributed by atoms with Crippen molar-refractivity contribution in [3.63, 3.8) is 0 Å². The van der Waals surface area contributed by atoms with Crippen LogP contribution in [0.4, 0.5) is 0 Å². The fraction of sp³-hybridized carbons (Fsp3) is 0.944. The van der Waals surface area contributed by atoms with E-state index in [0.29, 0.717) is 6.42 Å². The van der Waals surface area contributed by atoms with Crippen LogP contribution in [0.3, 0.4) is 0 Å². The highest BCUT2D eigenvalue weighted by atomic mass is 31.2. The van der Waals surface area contributed by atoms with Crippen LogP contribution in [0.1, 0.15) is 103 Å². The molecule has 0 rings (SSSR count). The number of phosphoric acid groups is 1. The Morgan fingerprint density at radius 3 is 1.81 bits per heavy atom. The number of hydrogen-bond donors (Lipinski definition) is 3. The molecule has 0 heterocycles. The van der Waals surface area contributed by atoms with Gasteiger partial charge in [0.1, 0.15) is 0 Å². The molecule has 0 aromatic carbocycles. The molecule has 1 unspecified atom stereocenters. The second kappa shape index (κ2) is 16.7. The van der Waals surface area contributed by atoms with Crippen molar-refractivity contribution in [2.45, 2.75) is 109 Å². The van der Waals surface area contributed by atoms with Crippen LogP contribution in [0.5, 0.6) is 0 Å². The molecule has 0 aliphatic rings. The molecule has 7 nitrogen and oxygen atoms in total. The van der Waals surface area contributed by atoms with E-state index in [1.165, 1.54) is 25.7 Å². The second-order valence-electron chi connectivity index (χ2n) is 6.89. The third kappa shape index (κ3) is 19.9. The zero-order valence-electron chi connectivity index (χ0n) is 16.1. The summed E-state index contributed by atoms with van der Waals surface area (Å²) in [7, 11) is -4.76. The van der Waals surface area contributed by atoms with E-state index in [-0.39, 0.29) is 12.5 Å². The van der Waals surface area contributed by atoms with Crippen molar-refractivity contribution in [1.29, 1.82) is 0 Å². The van der Waals surface area contributed by atoms with Gasteiger partial charge in [-0.15, -0.1) is 0 Å².